The number of ketones is 2. The van der Waals surface area contributed by atoms with E-state index in [1.807, 2.05) is 4.57 Å². The van der Waals surface area contributed by atoms with E-state index in [0.717, 1.165) is 17.4 Å². The van der Waals surface area contributed by atoms with Gasteiger partial charge in [-0.05, 0) is 36.6 Å². The molecule has 0 spiro atoms. The predicted molar refractivity (Wildman–Crippen MR) is 127 cm³/mol. The molecule has 33 heavy (non-hydrogen) atoms. The summed E-state index contributed by atoms with van der Waals surface area (Å²) in [5, 5.41) is 0. The van der Waals surface area contributed by atoms with Gasteiger partial charge in [-0.3, -0.25) is 14.3 Å². The lowest BCUT2D eigenvalue weighted by atomic mass is 9.90. The topological polar surface area (TPSA) is 89.1 Å². The van der Waals surface area contributed by atoms with Crippen LogP contribution in [-0.4, -0.2) is 24.6 Å². The standard InChI is InChI=1S/C24H22BrN3O4S/c1-16(2)11-12-27-13-14-28(15-27)22-21(23(29)19-5-3-4-6-20(19)24(22)30)26-33(31,32)18-9-7-17(25)8-10-18/h3-10,13-16H,11-12H2,1-2H3/p+1. The van der Waals surface area contributed by atoms with Crippen LogP contribution in [0.1, 0.15) is 41.0 Å². The van der Waals surface area contributed by atoms with E-state index in [4.69, 9.17) is 0 Å². The van der Waals surface area contributed by atoms with Crippen molar-refractivity contribution in [1.29, 1.82) is 0 Å². The Kier molecular flexibility index (Phi) is 6.36. The number of hydrogen-bond acceptors (Lipinski definition) is 4. The molecule has 2 aromatic carbocycles. The molecule has 1 N–H and O–H groups in total. The Labute approximate surface area is 200 Å². The first kappa shape index (κ1) is 23.1. The number of Topliss-reactive ketones (excluding diaryl/α,β-unsaturated/α-hetero) is 2. The van der Waals surface area contributed by atoms with Gasteiger partial charge in [0.1, 0.15) is 18.1 Å². The number of fused-ring (bicyclic) bond motifs is 1. The molecule has 0 aliphatic heterocycles. The Balaban J connectivity index is 1.82. The number of rotatable bonds is 7. The van der Waals surface area contributed by atoms with E-state index in [1.54, 1.807) is 49.1 Å². The van der Waals surface area contributed by atoms with Crippen LogP contribution in [-0.2, 0) is 16.6 Å². The lowest BCUT2D eigenvalue weighted by Gasteiger charge is -2.19. The highest BCUT2D eigenvalue weighted by Crippen LogP contribution is 2.29. The van der Waals surface area contributed by atoms with E-state index < -0.39 is 21.6 Å². The summed E-state index contributed by atoms with van der Waals surface area (Å²) in [6.07, 6.45) is 6.09. The maximum absolute atomic E-state index is 13.4. The van der Waals surface area contributed by atoms with Crippen molar-refractivity contribution < 1.29 is 22.6 Å². The van der Waals surface area contributed by atoms with Crippen molar-refractivity contribution >= 4 is 43.2 Å². The third-order valence-electron chi connectivity index (χ3n) is 5.37. The molecule has 0 bridgehead atoms. The summed E-state index contributed by atoms with van der Waals surface area (Å²) >= 11 is 3.28. The van der Waals surface area contributed by atoms with Gasteiger partial charge in [0.2, 0.25) is 23.6 Å². The maximum Gasteiger partial charge on any atom is 0.262 e. The van der Waals surface area contributed by atoms with Crippen LogP contribution in [0.3, 0.4) is 0 Å². The molecule has 7 nitrogen and oxygen atoms in total. The molecule has 0 atom stereocenters. The van der Waals surface area contributed by atoms with Gasteiger partial charge in [0.15, 0.2) is 0 Å². The molecule has 1 aliphatic rings. The number of benzene rings is 2. The molecule has 1 aromatic heterocycles. The largest absolute Gasteiger partial charge is 0.287 e. The molecular formula is C24H23BrN3O4S+. The highest BCUT2D eigenvalue weighted by molar-refractivity contribution is 9.10. The van der Waals surface area contributed by atoms with Crippen LogP contribution in [0.15, 0.2) is 82.3 Å². The van der Waals surface area contributed by atoms with Crippen molar-refractivity contribution in [2.24, 2.45) is 5.92 Å². The van der Waals surface area contributed by atoms with Gasteiger partial charge in [-0.25, -0.2) is 13.0 Å². The second-order valence-corrected chi connectivity index (χ2v) is 10.8. The highest BCUT2D eigenvalue weighted by Gasteiger charge is 2.38. The van der Waals surface area contributed by atoms with Crippen molar-refractivity contribution in [3.05, 3.63) is 88.5 Å². The van der Waals surface area contributed by atoms with Gasteiger partial charge >= 0.3 is 0 Å². The van der Waals surface area contributed by atoms with Gasteiger partial charge in [0, 0.05) is 15.6 Å². The van der Waals surface area contributed by atoms with E-state index in [9.17, 15) is 18.0 Å². The van der Waals surface area contributed by atoms with Crippen molar-refractivity contribution in [2.45, 2.75) is 31.7 Å². The lowest BCUT2D eigenvalue weighted by molar-refractivity contribution is -0.697. The first-order valence-corrected chi connectivity index (χ1v) is 12.7. The first-order valence-electron chi connectivity index (χ1n) is 10.5. The van der Waals surface area contributed by atoms with Crippen LogP contribution in [0.4, 0.5) is 0 Å². The second kappa shape index (κ2) is 9.07. The van der Waals surface area contributed by atoms with Crippen molar-refractivity contribution in [1.82, 2.24) is 9.29 Å². The molecule has 0 fully saturated rings. The second-order valence-electron chi connectivity index (χ2n) is 8.23. The summed E-state index contributed by atoms with van der Waals surface area (Å²) in [7, 11) is -4.11. The van der Waals surface area contributed by atoms with Crippen LogP contribution < -0.4 is 9.29 Å². The number of carbonyl (C=O) groups excluding carboxylic acids is 2. The van der Waals surface area contributed by atoms with Gasteiger partial charge in [0.25, 0.3) is 10.0 Å². The Bertz CT molecular complexity index is 1370. The Hall–Kier alpha value is -3.04. The lowest BCUT2D eigenvalue weighted by Crippen LogP contribution is -2.36. The number of imidazole rings is 1. The minimum Gasteiger partial charge on any atom is -0.287 e. The van der Waals surface area contributed by atoms with Gasteiger partial charge < -0.3 is 0 Å². The fraction of sp³-hybridized carbons (Fsp3) is 0.208. The Morgan fingerprint density at radius 1 is 1.00 bits per heavy atom. The van der Waals surface area contributed by atoms with E-state index in [0.29, 0.717) is 5.92 Å². The molecule has 3 aromatic rings. The van der Waals surface area contributed by atoms with Crippen LogP contribution in [0.25, 0.3) is 5.70 Å². The normalized spacial score (nSPS) is 14.1. The smallest absolute Gasteiger partial charge is 0.262 e. The molecule has 1 heterocycles. The molecule has 0 saturated heterocycles. The van der Waals surface area contributed by atoms with E-state index in [2.05, 4.69) is 34.5 Å². The monoisotopic (exact) mass is 528 g/mol. The maximum atomic E-state index is 13.4. The fourth-order valence-corrected chi connectivity index (χ4v) is 4.91. The van der Waals surface area contributed by atoms with Crippen LogP contribution in [0, 0.1) is 5.92 Å². The molecule has 0 radical (unpaired) electrons. The number of aromatic nitrogens is 2. The molecule has 0 amide bonds. The molecule has 4 rings (SSSR count). The average molecular weight is 529 g/mol. The fourth-order valence-electron chi connectivity index (χ4n) is 3.58. The van der Waals surface area contributed by atoms with Crippen molar-refractivity contribution in [3.63, 3.8) is 0 Å². The summed E-state index contributed by atoms with van der Waals surface area (Å²) in [5.74, 6) is -0.480. The first-order chi connectivity index (χ1) is 15.7. The zero-order valence-corrected chi connectivity index (χ0v) is 20.6. The summed E-state index contributed by atoms with van der Waals surface area (Å²) in [5.41, 5.74) is 0.113. The summed E-state index contributed by atoms with van der Waals surface area (Å²) in [6.45, 7) is 4.97. The van der Waals surface area contributed by atoms with Crippen molar-refractivity contribution in [2.75, 3.05) is 0 Å². The number of hydrogen-bond donors (Lipinski definition) is 1. The van der Waals surface area contributed by atoms with Gasteiger partial charge in [-0.1, -0.05) is 54.0 Å². The van der Waals surface area contributed by atoms with E-state index >= 15 is 0 Å². The number of nitrogens with one attached hydrogen (secondary N) is 1. The van der Waals surface area contributed by atoms with E-state index in [1.165, 1.54) is 22.8 Å². The van der Waals surface area contributed by atoms with Crippen molar-refractivity contribution in [3.8, 4) is 0 Å². The average Bonchev–Trinajstić information content (AvgIpc) is 3.25. The zero-order valence-electron chi connectivity index (χ0n) is 18.2. The molecule has 0 unspecified atom stereocenters. The molecule has 1 aliphatic carbocycles. The third-order valence-corrected chi connectivity index (χ3v) is 7.26. The number of aryl methyl sites for hydroxylation is 1. The van der Waals surface area contributed by atoms with E-state index in [-0.39, 0.29) is 27.4 Å². The number of nitrogens with zero attached hydrogens (tertiary/aromatic N) is 2. The molecule has 0 saturated carbocycles. The number of halogens is 1. The summed E-state index contributed by atoms with van der Waals surface area (Å²) < 4.78 is 32.7. The quantitative estimate of drug-likeness (QED) is 0.472. The van der Waals surface area contributed by atoms with Gasteiger partial charge in [-0.15, -0.1) is 0 Å². The van der Waals surface area contributed by atoms with Crippen LogP contribution in [0.5, 0.6) is 0 Å². The molecule has 9 heteroatoms. The molecular weight excluding hydrogens is 506 g/mol. The van der Waals surface area contributed by atoms with Crippen LogP contribution in [0.2, 0.25) is 0 Å². The molecule has 170 valence electrons. The number of sulfonamides is 1. The summed E-state index contributed by atoms with van der Waals surface area (Å²) in [4.78, 5) is 26.8. The Morgan fingerprint density at radius 2 is 1.64 bits per heavy atom. The van der Waals surface area contributed by atoms with Gasteiger partial charge in [-0.2, -0.15) is 4.57 Å². The summed E-state index contributed by atoms with van der Waals surface area (Å²) in [6, 6.07) is 12.5. The number of allylic oxidation sites excluding steroid dienone is 2. The van der Waals surface area contributed by atoms with Gasteiger partial charge in [0.05, 0.1) is 11.4 Å². The highest BCUT2D eigenvalue weighted by atomic mass is 79.9. The minimum atomic E-state index is -4.11. The predicted octanol–water partition coefficient (Wildman–Crippen LogP) is 3.81. The Morgan fingerprint density at radius 3 is 2.27 bits per heavy atom. The number of carbonyl (C=O) groups is 2. The third kappa shape index (κ3) is 4.69. The van der Waals surface area contributed by atoms with Crippen LogP contribution >= 0.6 is 15.9 Å². The minimum absolute atomic E-state index is 0.0174. The SMILES string of the molecule is CC(C)CC[n+]1ccn(C2=C(NS(=O)(=O)c3ccc(Br)cc3)C(=O)c3ccccc3C2=O)c1. The zero-order chi connectivity index (χ0) is 23.8.